The van der Waals surface area contributed by atoms with Gasteiger partial charge >= 0.3 is 5.97 Å². The molecule has 0 radical (unpaired) electrons. The quantitative estimate of drug-likeness (QED) is 0.906. The number of carbonyl (C=O) groups is 1. The van der Waals surface area contributed by atoms with E-state index in [0.29, 0.717) is 16.5 Å². The molecule has 0 bridgehead atoms. The molecule has 20 heavy (non-hydrogen) atoms. The maximum atomic E-state index is 14.2. The van der Waals surface area contributed by atoms with Gasteiger partial charge in [0.15, 0.2) is 0 Å². The van der Waals surface area contributed by atoms with Crippen LogP contribution in [0.1, 0.15) is 18.4 Å². The van der Waals surface area contributed by atoms with Crippen LogP contribution in [0.5, 0.6) is 5.75 Å². The molecule has 0 saturated carbocycles. The van der Waals surface area contributed by atoms with Crippen molar-refractivity contribution in [3.05, 3.63) is 42.0 Å². The number of halogens is 2. The molecule has 0 aliphatic heterocycles. The third-order valence-corrected chi connectivity index (χ3v) is 3.15. The fourth-order valence-corrected chi connectivity index (χ4v) is 2.17. The summed E-state index contributed by atoms with van der Waals surface area (Å²) in [6, 6.07) is 9.46. The fraction of sp³-hybridized carbons (Fsp3) is 0.267. The number of aliphatic carboxylic acids is 1. The van der Waals surface area contributed by atoms with Gasteiger partial charge in [0.05, 0.1) is 13.5 Å². The summed E-state index contributed by atoms with van der Waals surface area (Å²) < 4.78 is 33.5. The highest BCUT2D eigenvalue weighted by Crippen LogP contribution is 2.39. The molecule has 0 fully saturated rings. The predicted octanol–water partition coefficient (Wildman–Crippen LogP) is 3.81. The second-order valence-corrected chi connectivity index (χ2v) is 4.46. The number of alkyl halides is 2. The minimum Gasteiger partial charge on any atom is -0.496 e. The minimum atomic E-state index is -3.19. The van der Waals surface area contributed by atoms with Gasteiger partial charge in [-0.15, -0.1) is 0 Å². The highest BCUT2D eigenvalue weighted by Gasteiger charge is 2.34. The monoisotopic (exact) mass is 280 g/mol. The second-order valence-electron chi connectivity index (χ2n) is 4.46. The second kappa shape index (κ2) is 5.45. The number of methoxy groups -OCH3 is 1. The van der Waals surface area contributed by atoms with E-state index in [1.165, 1.54) is 19.2 Å². The van der Waals surface area contributed by atoms with Crippen LogP contribution >= 0.6 is 0 Å². The van der Waals surface area contributed by atoms with Crippen molar-refractivity contribution in [2.24, 2.45) is 0 Å². The molecular weight excluding hydrogens is 266 g/mol. The molecule has 5 heteroatoms. The molecule has 106 valence electrons. The summed E-state index contributed by atoms with van der Waals surface area (Å²) in [6.45, 7) is 0. The summed E-state index contributed by atoms with van der Waals surface area (Å²) in [5.74, 6) is -3.91. The molecule has 2 rings (SSSR count). The minimum absolute atomic E-state index is 0.171. The number of carboxylic acid groups (broad SMARTS) is 1. The molecule has 1 N–H and O–H groups in total. The van der Waals surface area contributed by atoms with Crippen molar-refractivity contribution >= 4 is 16.7 Å². The van der Waals surface area contributed by atoms with Crippen LogP contribution in [-0.4, -0.2) is 18.2 Å². The van der Waals surface area contributed by atoms with E-state index in [1.807, 2.05) is 0 Å². The third-order valence-electron chi connectivity index (χ3n) is 3.15. The summed E-state index contributed by atoms with van der Waals surface area (Å²) in [5, 5.41) is 9.53. The van der Waals surface area contributed by atoms with Crippen LogP contribution < -0.4 is 4.74 Å². The van der Waals surface area contributed by atoms with Gasteiger partial charge < -0.3 is 9.84 Å². The molecular formula is C15H14F2O3. The van der Waals surface area contributed by atoms with E-state index < -0.39 is 24.7 Å². The van der Waals surface area contributed by atoms with Crippen molar-refractivity contribution in [3.63, 3.8) is 0 Å². The van der Waals surface area contributed by atoms with E-state index in [4.69, 9.17) is 9.84 Å². The van der Waals surface area contributed by atoms with E-state index in [-0.39, 0.29) is 5.56 Å². The number of carboxylic acids is 1. The molecule has 0 aromatic heterocycles. The van der Waals surface area contributed by atoms with Crippen molar-refractivity contribution in [1.29, 1.82) is 0 Å². The molecule has 0 unspecified atom stereocenters. The zero-order chi connectivity index (χ0) is 14.8. The smallest absolute Gasteiger partial charge is 0.303 e. The molecule has 0 aliphatic rings. The van der Waals surface area contributed by atoms with Gasteiger partial charge in [0, 0.05) is 17.4 Å². The Morgan fingerprint density at radius 3 is 2.45 bits per heavy atom. The van der Waals surface area contributed by atoms with Crippen molar-refractivity contribution < 1.29 is 23.4 Å². The third kappa shape index (κ3) is 2.71. The van der Waals surface area contributed by atoms with Crippen LogP contribution in [0.4, 0.5) is 8.78 Å². The van der Waals surface area contributed by atoms with E-state index in [9.17, 15) is 13.6 Å². The lowest BCUT2D eigenvalue weighted by molar-refractivity contribution is -0.139. The Bertz CT molecular complexity index is 638. The van der Waals surface area contributed by atoms with Gasteiger partial charge in [-0.05, 0) is 17.5 Å². The zero-order valence-electron chi connectivity index (χ0n) is 10.9. The summed E-state index contributed by atoms with van der Waals surface area (Å²) in [4.78, 5) is 10.5. The van der Waals surface area contributed by atoms with Crippen LogP contribution in [0.3, 0.4) is 0 Å². The van der Waals surface area contributed by atoms with E-state index in [2.05, 4.69) is 0 Å². The summed E-state index contributed by atoms with van der Waals surface area (Å²) >= 11 is 0. The molecule has 0 atom stereocenters. The Kier molecular flexibility index (Phi) is 3.88. The normalized spacial score (nSPS) is 11.6. The van der Waals surface area contributed by atoms with Crippen LogP contribution in [0, 0.1) is 0 Å². The standard InChI is InChI=1S/C15H14F2O3/c1-20-13-7-6-12(10-4-2-3-5-11(10)13)15(16,17)9-8-14(18)19/h2-7H,8-9H2,1H3,(H,18,19). The van der Waals surface area contributed by atoms with Crippen molar-refractivity contribution in [3.8, 4) is 5.75 Å². The van der Waals surface area contributed by atoms with Gasteiger partial charge in [0.25, 0.3) is 5.92 Å². The zero-order valence-corrected chi connectivity index (χ0v) is 10.9. The first kappa shape index (κ1) is 14.2. The lowest BCUT2D eigenvalue weighted by Crippen LogP contribution is -2.16. The van der Waals surface area contributed by atoms with Crippen LogP contribution in [0.15, 0.2) is 36.4 Å². The summed E-state index contributed by atoms with van der Waals surface area (Å²) in [5.41, 5.74) is -0.171. The number of ether oxygens (including phenoxy) is 1. The average molecular weight is 280 g/mol. The van der Waals surface area contributed by atoms with E-state index in [1.54, 1.807) is 24.3 Å². The number of fused-ring (bicyclic) bond motifs is 1. The van der Waals surface area contributed by atoms with E-state index in [0.717, 1.165) is 0 Å². The molecule has 0 amide bonds. The highest BCUT2D eigenvalue weighted by molar-refractivity contribution is 5.91. The average Bonchev–Trinajstić information content (AvgIpc) is 2.44. The maximum Gasteiger partial charge on any atom is 0.303 e. The Morgan fingerprint density at radius 1 is 1.20 bits per heavy atom. The molecule has 0 heterocycles. The van der Waals surface area contributed by atoms with Crippen LogP contribution in [-0.2, 0) is 10.7 Å². The molecule has 0 saturated heterocycles. The van der Waals surface area contributed by atoms with Gasteiger partial charge in [0.2, 0.25) is 0 Å². The highest BCUT2D eigenvalue weighted by atomic mass is 19.3. The van der Waals surface area contributed by atoms with Crippen molar-refractivity contribution in [2.45, 2.75) is 18.8 Å². The van der Waals surface area contributed by atoms with Gasteiger partial charge in [-0.25, -0.2) is 8.78 Å². The topological polar surface area (TPSA) is 46.5 Å². The van der Waals surface area contributed by atoms with Crippen LogP contribution in [0.2, 0.25) is 0 Å². The first-order valence-corrected chi connectivity index (χ1v) is 6.11. The Labute approximate surface area is 114 Å². The van der Waals surface area contributed by atoms with Gasteiger partial charge in [-0.2, -0.15) is 0 Å². The Balaban J connectivity index is 2.52. The van der Waals surface area contributed by atoms with Crippen molar-refractivity contribution in [2.75, 3.05) is 7.11 Å². The lowest BCUT2D eigenvalue weighted by Gasteiger charge is -2.19. The number of hydrogen-bond acceptors (Lipinski definition) is 2. The number of rotatable bonds is 5. The Morgan fingerprint density at radius 2 is 1.85 bits per heavy atom. The SMILES string of the molecule is COc1ccc(C(F)(F)CCC(=O)O)c2ccccc12. The molecule has 2 aromatic carbocycles. The van der Waals surface area contributed by atoms with Gasteiger partial charge in [-0.1, -0.05) is 24.3 Å². The molecule has 0 spiro atoms. The maximum absolute atomic E-state index is 14.2. The Hall–Kier alpha value is -2.17. The lowest BCUT2D eigenvalue weighted by atomic mass is 9.96. The van der Waals surface area contributed by atoms with Crippen molar-refractivity contribution in [1.82, 2.24) is 0 Å². The summed E-state index contributed by atoms with van der Waals surface area (Å²) in [6.07, 6.45) is -1.30. The van der Waals surface area contributed by atoms with Gasteiger partial charge in [-0.3, -0.25) is 4.79 Å². The number of hydrogen-bond donors (Lipinski definition) is 1. The van der Waals surface area contributed by atoms with E-state index >= 15 is 0 Å². The first-order chi connectivity index (χ1) is 9.45. The fourth-order valence-electron chi connectivity index (χ4n) is 2.17. The summed E-state index contributed by atoms with van der Waals surface area (Å²) in [7, 11) is 1.48. The molecule has 2 aromatic rings. The predicted molar refractivity (Wildman–Crippen MR) is 71.3 cm³/mol. The number of benzene rings is 2. The largest absolute Gasteiger partial charge is 0.496 e. The van der Waals surface area contributed by atoms with Gasteiger partial charge in [0.1, 0.15) is 5.75 Å². The first-order valence-electron chi connectivity index (χ1n) is 6.11. The molecule has 0 aliphatic carbocycles. The van der Waals surface area contributed by atoms with Crippen LogP contribution in [0.25, 0.3) is 10.8 Å². The molecule has 3 nitrogen and oxygen atoms in total.